The van der Waals surface area contributed by atoms with Crippen LogP contribution >= 0.6 is 11.6 Å². The van der Waals surface area contributed by atoms with E-state index in [0.29, 0.717) is 23.7 Å². The number of aryl methyl sites for hydroxylation is 1. The van der Waals surface area contributed by atoms with Gasteiger partial charge in [0.25, 0.3) is 5.91 Å². The molecule has 2 aromatic rings. The van der Waals surface area contributed by atoms with Crippen molar-refractivity contribution < 1.29 is 13.2 Å². The molecule has 1 aliphatic rings. The topological polar surface area (TPSA) is 66.5 Å². The number of nitrogens with zero attached hydrogens (tertiary/aromatic N) is 1. The van der Waals surface area contributed by atoms with E-state index in [0.717, 1.165) is 24.0 Å². The lowest BCUT2D eigenvalue weighted by atomic mass is 10.1. The highest BCUT2D eigenvalue weighted by molar-refractivity contribution is 7.89. The molecule has 3 rings (SSSR count). The van der Waals surface area contributed by atoms with Crippen LogP contribution in [0, 0.1) is 6.92 Å². The molecule has 5 nitrogen and oxygen atoms in total. The Labute approximate surface area is 165 Å². The summed E-state index contributed by atoms with van der Waals surface area (Å²) >= 11 is 6.02. The summed E-state index contributed by atoms with van der Waals surface area (Å²) in [6, 6.07) is 11.8. The maximum absolute atomic E-state index is 12.8. The van der Waals surface area contributed by atoms with Gasteiger partial charge in [0.05, 0.1) is 10.9 Å². The van der Waals surface area contributed by atoms with Gasteiger partial charge in [0.1, 0.15) is 0 Å². The highest BCUT2D eigenvalue weighted by Crippen LogP contribution is 2.24. The summed E-state index contributed by atoms with van der Waals surface area (Å²) in [5.74, 6) is -0.307. The molecule has 0 aliphatic carbocycles. The molecule has 1 aliphatic heterocycles. The van der Waals surface area contributed by atoms with Gasteiger partial charge in [-0.05, 0) is 62.1 Å². The fourth-order valence-corrected chi connectivity index (χ4v) is 4.96. The third-order valence-electron chi connectivity index (χ3n) is 4.85. The molecule has 2 aromatic carbocycles. The Hall–Kier alpha value is -1.89. The Morgan fingerprint density at radius 3 is 2.52 bits per heavy atom. The molecule has 1 atom stereocenters. The Morgan fingerprint density at radius 1 is 1.15 bits per heavy atom. The van der Waals surface area contributed by atoms with Crippen molar-refractivity contribution >= 4 is 27.5 Å². The fourth-order valence-electron chi connectivity index (χ4n) is 3.22. The van der Waals surface area contributed by atoms with Gasteiger partial charge in [0, 0.05) is 23.7 Å². The lowest BCUT2D eigenvalue weighted by Crippen LogP contribution is -2.29. The van der Waals surface area contributed by atoms with Gasteiger partial charge in [0.15, 0.2) is 0 Å². The van der Waals surface area contributed by atoms with Crippen LogP contribution in [-0.4, -0.2) is 31.7 Å². The minimum Gasteiger partial charge on any atom is -0.346 e. The zero-order valence-corrected chi connectivity index (χ0v) is 17.0. The number of hydrogen-bond acceptors (Lipinski definition) is 3. The first kappa shape index (κ1) is 19.9. The second kappa shape index (κ2) is 8.00. The van der Waals surface area contributed by atoms with Crippen LogP contribution in [0.1, 0.15) is 47.3 Å². The standard InChI is InChI=1S/C20H23ClN2O3S/c1-14-8-9-18(27(25,26)23-10-3-4-11-23)13-19(14)20(24)22-15(2)16-6-5-7-17(21)12-16/h5-9,12-13,15H,3-4,10-11H2,1-2H3,(H,22,24)/t15-/m0/s1. The molecule has 1 fully saturated rings. The third-order valence-corrected chi connectivity index (χ3v) is 6.98. The van der Waals surface area contributed by atoms with Crippen LogP contribution in [0.5, 0.6) is 0 Å². The van der Waals surface area contributed by atoms with Crippen LogP contribution in [0.2, 0.25) is 5.02 Å². The van der Waals surface area contributed by atoms with E-state index in [1.807, 2.05) is 19.1 Å². The predicted octanol–water partition coefficient (Wildman–Crippen LogP) is 3.92. The highest BCUT2D eigenvalue weighted by Gasteiger charge is 2.28. The molecule has 144 valence electrons. The van der Waals surface area contributed by atoms with Gasteiger partial charge in [-0.15, -0.1) is 0 Å². The van der Waals surface area contributed by atoms with Crippen molar-refractivity contribution in [2.75, 3.05) is 13.1 Å². The van der Waals surface area contributed by atoms with E-state index in [1.54, 1.807) is 31.2 Å². The summed E-state index contributed by atoms with van der Waals surface area (Å²) in [7, 11) is -3.56. The summed E-state index contributed by atoms with van der Waals surface area (Å²) in [5.41, 5.74) is 1.98. The molecule has 0 saturated carbocycles. The molecule has 1 amide bonds. The summed E-state index contributed by atoms with van der Waals surface area (Å²) < 4.78 is 27.0. The van der Waals surface area contributed by atoms with E-state index in [2.05, 4.69) is 5.32 Å². The number of amides is 1. The van der Waals surface area contributed by atoms with Crippen LogP contribution in [0.25, 0.3) is 0 Å². The SMILES string of the molecule is Cc1ccc(S(=O)(=O)N2CCCC2)cc1C(=O)N[C@@H](C)c1cccc(Cl)c1. The van der Waals surface area contributed by atoms with Crippen molar-refractivity contribution in [3.05, 3.63) is 64.2 Å². The van der Waals surface area contributed by atoms with Gasteiger partial charge in [-0.3, -0.25) is 4.79 Å². The number of benzene rings is 2. The van der Waals surface area contributed by atoms with E-state index in [4.69, 9.17) is 11.6 Å². The first-order valence-electron chi connectivity index (χ1n) is 8.96. The van der Waals surface area contributed by atoms with Crippen LogP contribution in [0.4, 0.5) is 0 Å². The lowest BCUT2D eigenvalue weighted by Gasteiger charge is -2.18. The zero-order valence-electron chi connectivity index (χ0n) is 15.4. The van der Waals surface area contributed by atoms with Crippen molar-refractivity contribution in [2.24, 2.45) is 0 Å². The molecule has 1 heterocycles. The lowest BCUT2D eigenvalue weighted by molar-refractivity contribution is 0.0939. The monoisotopic (exact) mass is 406 g/mol. The van der Waals surface area contributed by atoms with Crippen LogP contribution in [-0.2, 0) is 10.0 Å². The molecular formula is C20H23ClN2O3S. The second-order valence-electron chi connectivity index (χ2n) is 6.84. The van der Waals surface area contributed by atoms with Gasteiger partial charge in [0.2, 0.25) is 10.0 Å². The smallest absolute Gasteiger partial charge is 0.252 e. The number of hydrogen-bond donors (Lipinski definition) is 1. The summed E-state index contributed by atoms with van der Waals surface area (Å²) in [4.78, 5) is 12.9. The average molecular weight is 407 g/mol. The van der Waals surface area contributed by atoms with E-state index in [-0.39, 0.29) is 16.8 Å². The Bertz CT molecular complexity index is 953. The van der Waals surface area contributed by atoms with Crippen molar-refractivity contribution in [3.8, 4) is 0 Å². The number of halogens is 1. The highest BCUT2D eigenvalue weighted by atomic mass is 35.5. The van der Waals surface area contributed by atoms with Crippen LogP contribution in [0.3, 0.4) is 0 Å². The normalized spacial score (nSPS) is 16.3. The van der Waals surface area contributed by atoms with Gasteiger partial charge in [-0.25, -0.2) is 8.42 Å². The first-order valence-corrected chi connectivity index (χ1v) is 10.8. The number of nitrogens with one attached hydrogen (secondary N) is 1. The summed E-state index contributed by atoms with van der Waals surface area (Å²) in [6.07, 6.45) is 1.74. The van der Waals surface area contributed by atoms with E-state index in [1.165, 1.54) is 10.4 Å². The number of carbonyl (C=O) groups is 1. The minimum absolute atomic E-state index is 0.163. The summed E-state index contributed by atoms with van der Waals surface area (Å²) in [5, 5.41) is 3.52. The van der Waals surface area contributed by atoms with Crippen molar-refractivity contribution in [3.63, 3.8) is 0 Å². The minimum atomic E-state index is -3.56. The van der Waals surface area contributed by atoms with Crippen LogP contribution < -0.4 is 5.32 Å². The van der Waals surface area contributed by atoms with Gasteiger partial charge >= 0.3 is 0 Å². The maximum atomic E-state index is 12.8. The molecule has 27 heavy (non-hydrogen) atoms. The largest absolute Gasteiger partial charge is 0.346 e. The Kier molecular flexibility index (Phi) is 5.89. The maximum Gasteiger partial charge on any atom is 0.252 e. The molecule has 0 unspecified atom stereocenters. The number of rotatable bonds is 5. The quantitative estimate of drug-likeness (QED) is 0.818. The number of sulfonamides is 1. The molecular weight excluding hydrogens is 384 g/mol. The zero-order chi connectivity index (χ0) is 19.6. The fraction of sp³-hybridized carbons (Fsp3) is 0.350. The van der Waals surface area contributed by atoms with Gasteiger partial charge in [-0.1, -0.05) is 29.8 Å². The summed E-state index contributed by atoms with van der Waals surface area (Å²) in [6.45, 7) is 4.72. The molecule has 0 bridgehead atoms. The van der Waals surface area contributed by atoms with E-state index >= 15 is 0 Å². The number of carbonyl (C=O) groups excluding carboxylic acids is 1. The predicted molar refractivity (Wildman–Crippen MR) is 107 cm³/mol. The van der Waals surface area contributed by atoms with Gasteiger partial charge in [-0.2, -0.15) is 4.31 Å². The second-order valence-corrected chi connectivity index (χ2v) is 9.21. The Balaban J connectivity index is 1.84. The molecule has 1 saturated heterocycles. The van der Waals surface area contributed by atoms with Crippen LogP contribution in [0.15, 0.2) is 47.4 Å². The molecule has 1 N–H and O–H groups in total. The van der Waals surface area contributed by atoms with Crippen molar-refractivity contribution in [1.82, 2.24) is 9.62 Å². The molecule has 0 spiro atoms. The van der Waals surface area contributed by atoms with Crippen molar-refractivity contribution in [2.45, 2.75) is 37.6 Å². The van der Waals surface area contributed by atoms with E-state index in [9.17, 15) is 13.2 Å². The molecule has 0 aromatic heterocycles. The average Bonchev–Trinajstić information content (AvgIpc) is 3.17. The van der Waals surface area contributed by atoms with Gasteiger partial charge < -0.3 is 5.32 Å². The Morgan fingerprint density at radius 2 is 1.85 bits per heavy atom. The van der Waals surface area contributed by atoms with Crippen molar-refractivity contribution in [1.29, 1.82) is 0 Å². The molecule has 0 radical (unpaired) electrons. The molecule has 7 heteroatoms. The van der Waals surface area contributed by atoms with E-state index < -0.39 is 10.0 Å². The first-order chi connectivity index (χ1) is 12.8. The third kappa shape index (κ3) is 4.34.